The molecule has 0 radical (unpaired) electrons. The lowest BCUT2D eigenvalue weighted by molar-refractivity contribution is 0.222. The molecule has 1 aromatic carbocycles. The van der Waals surface area contributed by atoms with Gasteiger partial charge in [0.05, 0.1) is 28.1 Å². The van der Waals surface area contributed by atoms with Gasteiger partial charge in [0.25, 0.3) is 0 Å². The molecule has 130 valence electrons. The number of hydrogen-bond donors (Lipinski definition) is 1. The van der Waals surface area contributed by atoms with Crippen LogP contribution in [-0.2, 0) is 9.84 Å². The second-order valence-corrected chi connectivity index (χ2v) is 8.61. The molecule has 0 aliphatic heterocycles. The summed E-state index contributed by atoms with van der Waals surface area (Å²) in [5, 5.41) is 2.70. The van der Waals surface area contributed by atoms with Crippen LogP contribution in [-0.4, -0.2) is 29.7 Å². The van der Waals surface area contributed by atoms with E-state index in [1.54, 1.807) is 38.1 Å². The van der Waals surface area contributed by atoms with E-state index in [4.69, 9.17) is 16.3 Å². The first-order chi connectivity index (χ1) is 11.2. The first kappa shape index (κ1) is 18.5. The third-order valence-corrected chi connectivity index (χ3v) is 5.62. The summed E-state index contributed by atoms with van der Waals surface area (Å²) in [6.07, 6.45) is 1.32. The van der Waals surface area contributed by atoms with Crippen molar-refractivity contribution in [3.63, 3.8) is 0 Å². The SMILES string of the molecule is CC(C)Oc1ncc(Cl)c(Nc2ccccc2S(=O)(=O)C(C)C)n1. The molecule has 24 heavy (non-hydrogen) atoms. The molecule has 0 fully saturated rings. The molecule has 0 bridgehead atoms. The fourth-order valence-electron chi connectivity index (χ4n) is 1.91. The number of nitrogens with zero attached hydrogens (tertiary/aromatic N) is 2. The Morgan fingerprint density at radius 2 is 1.83 bits per heavy atom. The van der Waals surface area contributed by atoms with Crippen LogP contribution in [0.15, 0.2) is 35.4 Å². The van der Waals surface area contributed by atoms with E-state index in [2.05, 4.69) is 15.3 Å². The molecule has 0 spiro atoms. The number of para-hydroxylation sites is 1. The maximum absolute atomic E-state index is 12.5. The molecule has 0 amide bonds. The smallest absolute Gasteiger partial charge is 0.318 e. The van der Waals surface area contributed by atoms with E-state index < -0.39 is 15.1 Å². The first-order valence-electron chi connectivity index (χ1n) is 7.51. The number of nitrogens with one attached hydrogen (secondary N) is 1. The maximum atomic E-state index is 12.5. The summed E-state index contributed by atoms with van der Waals surface area (Å²) in [6, 6.07) is 6.80. The Hall–Kier alpha value is -1.86. The Bertz CT molecular complexity index is 823. The van der Waals surface area contributed by atoms with E-state index in [0.29, 0.717) is 5.69 Å². The number of rotatable bonds is 6. The van der Waals surface area contributed by atoms with Gasteiger partial charge in [0.1, 0.15) is 5.02 Å². The van der Waals surface area contributed by atoms with Crippen molar-refractivity contribution < 1.29 is 13.2 Å². The van der Waals surface area contributed by atoms with Crippen LogP contribution in [0.25, 0.3) is 0 Å². The molecular weight excluding hydrogens is 350 g/mol. The summed E-state index contributed by atoms with van der Waals surface area (Å²) in [5.41, 5.74) is 0.405. The van der Waals surface area contributed by atoms with E-state index in [9.17, 15) is 8.42 Å². The minimum atomic E-state index is -3.45. The van der Waals surface area contributed by atoms with E-state index in [1.807, 2.05) is 13.8 Å². The van der Waals surface area contributed by atoms with Gasteiger partial charge in [0.2, 0.25) is 0 Å². The molecule has 0 aliphatic rings. The predicted molar refractivity (Wildman–Crippen MR) is 94.9 cm³/mol. The Morgan fingerprint density at radius 1 is 1.17 bits per heavy atom. The van der Waals surface area contributed by atoms with Crippen LogP contribution >= 0.6 is 11.6 Å². The molecule has 1 heterocycles. The Morgan fingerprint density at radius 3 is 2.46 bits per heavy atom. The van der Waals surface area contributed by atoms with Crippen molar-refractivity contribution in [2.75, 3.05) is 5.32 Å². The maximum Gasteiger partial charge on any atom is 0.318 e. The van der Waals surface area contributed by atoms with E-state index in [1.165, 1.54) is 6.20 Å². The molecule has 2 aromatic rings. The fraction of sp³-hybridized carbons (Fsp3) is 0.375. The Kier molecular flexibility index (Phi) is 5.66. The molecule has 2 rings (SSSR count). The van der Waals surface area contributed by atoms with Gasteiger partial charge in [-0.3, -0.25) is 0 Å². The van der Waals surface area contributed by atoms with Crippen LogP contribution in [0.2, 0.25) is 5.02 Å². The molecule has 6 nitrogen and oxygen atoms in total. The lowest BCUT2D eigenvalue weighted by Gasteiger charge is -2.15. The van der Waals surface area contributed by atoms with Gasteiger partial charge in [-0.15, -0.1) is 0 Å². The Balaban J connectivity index is 2.43. The molecule has 0 saturated heterocycles. The first-order valence-corrected chi connectivity index (χ1v) is 9.43. The standard InChI is InChI=1S/C16H20ClN3O3S/c1-10(2)23-16-18-9-12(17)15(20-16)19-13-7-5-6-8-14(13)24(21,22)11(3)4/h5-11H,1-4H3,(H,18,19,20). The van der Waals surface area contributed by atoms with Crippen molar-refractivity contribution in [1.29, 1.82) is 0 Å². The zero-order chi connectivity index (χ0) is 17.9. The van der Waals surface area contributed by atoms with Crippen molar-refractivity contribution >= 4 is 32.9 Å². The summed E-state index contributed by atoms with van der Waals surface area (Å²) in [7, 11) is -3.45. The van der Waals surface area contributed by atoms with Crippen molar-refractivity contribution in [1.82, 2.24) is 9.97 Å². The molecule has 0 saturated carbocycles. The summed E-state index contributed by atoms with van der Waals surface area (Å²) in [4.78, 5) is 8.40. The monoisotopic (exact) mass is 369 g/mol. The van der Waals surface area contributed by atoms with Gasteiger partial charge in [-0.1, -0.05) is 23.7 Å². The normalized spacial score (nSPS) is 11.8. The number of benzene rings is 1. The van der Waals surface area contributed by atoms with Crippen molar-refractivity contribution in [3.05, 3.63) is 35.5 Å². The van der Waals surface area contributed by atoms with Gasteiger partial charge >= 0.3 is 6.01 Å². The van der Waals surface area contributed by atoms with Crippen molar-refractivity contribution in [2.24, 2.45) is 0 Å². The lowest BCUT2D eigenvalue weighted by atomic mass is 10.3. The highest BCUT2D eigenvalue weighted by Crippen LogP contribution is 2.30. The van der Waals surface area contributed by atoms with Crippen LogP contribution < -0.4 is 10.1 Å². The highest BCUT2D eigenvalue weighted by molar-refractivity contribution is 7.92. The van der Waals surface area contributed by atoms with Crippen LogP contribution in [0.5, 0.6) is 6.01 Å². The van der Waals surface area contributed by atoms with E-state index in [0.717, 1.165) is 0 Å². The number of halogens is 1. The summed E-state index contributed by atoms with van der Waals surface area (Å²) in [5.74, 6) is 0.286. The number of sulfone groups is 1. The van der Waals surface area contributed by atoms with Crippen LogP contribution in [0.4, 0.5) is 11.5 Å². The quantitative estimate of drug-likeness (QED) is 0.833. The zero-order valence-corrected chi connectivity index (χ0v) is 15.5. The topological polar surface area (TPSA) is 81.2 Å². The number of hydrogen-bond acceptors (Lipinski definition) is 6. The second kappa shape index (κ2) is 7.36. The van der Waals surface area contributed by atoms with Crippen LogP contribution in [0, 0.1) is 0 Å². The van der Waals surface area contributed by atoms with Crippen LogP contribution in [0.3, 0.4) is 0 Å². The van der Waals surface area contributed by atoms with Gasteiger partial charge in [-0.25, -0.2) is 13.4 Å². The highest BCUT2D eigenvalue weighted by atomic mass is 35.5. The van der Waals surface area contributed by atoms with Gasteiger partial charge in [-0.2, -0.15) is 4.98 Å². The minimum absolute atomic E-state index is 0.0902. The molecule has 0 unspecified atom stereocenters. The van der Waals surface area contributed by atoms with Gasteiger partial charge in [0, 0.05) is 0 Å². The number of ether oxygens (including phenoxy) is 1. The molecule has 8 heteroatoms. The zero-order valence-electron chi connectivity index (χ0n) is 13.9. The van der Waals surface area contributed by atoms with E-state index >= 15 is 0 Å². The van der Waals surface area contributed by atoms with Crippen molar-refractivity contribution in [3.8, 4) is 6.01 Å². The average molecular weight is 370 g/mol. The number of aromatic nitrogens is 2. The summed E-state index contributed by atoms with van der Waals surface area (Å²) < 4.78 is 30.5. The molecule has 1 N–H and O–H groups in total. The Labute approximate surface area is 147 Å². The predicted octanol–water partition coefficient (Wildman–Crippen LogP) is 3.84. The molecule has 1 aromatic heterocycles. The number of anilines is 2. The average Bonchev–Trinajstić information content (AvgIpc) is 2.50. The van der Waals surface area contributed by atoms with Crippen molar-refractivity contribution in [2.45, 2.75) is 43.9 Å². The largest absolute Gasteiger partial charge is 0.461 e. The summed E-state index contributed by atoms with van der Waals surface area (Å²) >= 11 is 6.12. The van der Waals surface area contributed by atoms with E-state index in [-0.39, 0.29) is 27.9 Å². The van der Waals surface area contributed by atoms with Gasteiger partial charge in [-0.05, 0) is 39.8 Å². The third kappa shape index (κ3) is 4.15. The summed E-state index contributed by atoms with van der Waals surface area (Å²) in [6.45, 7) is 6.99. The third-order valence-electron chi connectivity index (χ3n) is 3.13. The van der Waals surface area contributed by atoms with Crippen LogP contribution in [0.1, 0.15) is 27.7 Å². The highest BCUT2D eigenvalue weighted by Gasteiger charge is 2.23. The molecule has 0 aliphatic carbocycles. The van der Waals surface area contributed by atoms with Gasteiger partial charge < -0.3 is 10.1 Å². The molecular formula is C16H20ClN3O3S. The molecule has 0 atom stereocenters. The van der Waals surface area contributed by atoms with Gasteiger partial charge in [0.15, 0.2) is 15.7 Å². The fourth-order valence-corrected chi connectivity index (χ4v) is 3.25. The minimum Gasteiger partial charge on any atom is -0.461 e. The second-order valence-electron chi connectivity index (χ2n) is 5.73. The lowest BCUT2D eigenvalue weighted by Crippen LogP contribution is -2.16.